The standard InChI is InChI=1S/C9H14N2O2/c1-3-4-9(12)11-7-5-10-6-8(7)13-2/h7-8,10H,5-6H2,1-2H3,(H,11,12)/t7?,8-/m0/s1. The van der Waals surface area contributed by atoms with Crippen LogP contribution in [0.1, 0.15) is 6.92 Å². The maximum absolute atomic E-state index is 11.1. The summed E-state index contributed by atoms with van der Waals surface area (Å²) >= 11 is 0. The van der Waals surface area contributed by atoms with Gasteiger partial charge in [0.1, 0.15) is 0 Å². The number of amides is 1. The third-order valence-corrected chi connectivity index (χ3v) is 2.02. The number of rotatable bonds is 2. The summed E-state index contributed by atoms with van der Waals surface area (Å²) in [6.45, 7) is 3.16. The normalized spacial score (nSPS) is 26.3. The van der Waals surface area contributed by atoms with Crippen LogP contribution in [0.25, 0.3) is 0 Å². The van der Waals surface area contributed by atoms with E-state index in [0.717, 1.165) is 13.1 Å². The number of carbonyl (C=O) groups is 1. The highest BCUT2D eigenvalue weighted by Crippen LogP contribution is 2.02. The van der Waals surface area contributed by atoms with Crippen LogP contribution in [0.5, 0.6) is 0 Å². The lowest BCUT2D eigenvalue weighted by atomic mass is 10.2. The van der Waals surface area contributed by atoms with Crippen LogP contribution in [0.4, 0.5) is 0 Å². The van der Waals surface area contributed by atoms with Crippen molar-refractivity contribution in [3.05, 3.63) is 0 Å². The number of hydrogen-bond acceptors (Lipinski definition) is 3. The summed E-state index contributed by atoms with van der Waals surface area (Å²) in [7, 11) is 1.64. The van der Waals surface area contributed by atoms with Gasteiger partial charge in [-0.3, -0.25) is 4.79 Å². The SMILES string of the molecule is CC#CC(=O)NC1CNC[C@@H]1OC. The van der Waals surface area contributed by atoms with Crippen molar-refractivity contribution in [2.45, 2.75) is 19.1 Å². The molecule has 0 radical (unpaired) electrons. The van der Waals surface area contributed by atoms with E-state index in [4.69, 9.17) is 4.74 Å². The largest absolute Gasteiger partial charge is 0.378 e. The number of ether oxygens (including phenoxy) is 1. The van der Waals surface area contributed by atoms with Gasteiger partial charge in [-0.2, -0.15) is 0 Å². The Labute approximate surface area is 78.0 Å². The zero-order valence-electron chi connectivity index (χ0n) is 7.89. The highest BCUT2D eigenvalue weighted by atomic mass is 16.5. The van der Waals surface area contributed by atoms with E-state index in [1.807, 2.05) is 0 Å². The third-order valence-electron chi connectivity index (χ3n) is 2.02. The summed E-state index contributed by atoms with van der Waals surface area (Å²) in [5.41, 5.74) is 0. The molecule has 1 aliphatic heterocycles. The topological polar surface area (TPSA) is 50.4 Å². The average molecular weight is 182 g/mol. The first-order valence-electron chi connectivity index (χ1n) is 4.24. The fourth-order valence-electron chi connectivity index (χ4n) is 1.36. The van der Waals surface area contributed by atoms with Crippen LogP contribution < -0.4 is 10.6 Å². The molecule has 0 aromatic heterocycles. The average Bonchev–Trinajstić information content (AvgIpc) is 2.52. The Morgan fingerprint density at radius 3 is 3.00 bits per heavy atom. The second kappa shape index (κ2) is 4.85. The van der Waals surface area contributed by atoms with Crippen molar-refractivity contribution in [2.75, 3.05) is 20.2 Å². The van der Waals surface area contributed by atoms with Gasteiger partial charge in [0.15, 0.2) is 0 Å². The minimum absolute atomic E-state index is 0.0401. The smallest absolute Gasteiger partial charge is 0.296 e. The van der Waals surface area contributed by atoms with Gasteiger partial charge in [0.2, 0.25) is 0 Å². The van der Waals surface area contributed by atoms with Crippen LogP contribution >= 0.6 is 0 Å². The molecule has 0 aliphatic carbocycles. The van der Waals surface area contributed by atoms with Crippen molar-refractivity contribution in [1.29, 1.82) is 0 Å². The predicted octanol–water partition coefficient (Wildman–Crippen LogP) is -0.887. The molecule has 1 fully saturated rings. The molecule has 4 heteroatoms. The van der Waals surface area contributed by atoms with Crippen molar-refractivity contribution in [3.63, 3.8) is 0 Å². The van der Waals surface area contributed by atoms with Gasteiger partial charge in [-0.1, -0.05) is 5.92 Å². The number of carbonyl (C=O) groups excluding carboxylic acids is 1. The number of methoxy groups -OCH3 is 1. The molecule has 0 saturated carbocycles. The molecule has 4 nitrogen and oxygen atoms in total. The van der Waals surface area contributed by atoms with Crippen LogP contribution in [0.15, 0.2) is 0 Å². The molecule has 1 heterocycles. The molecule has 2 N–H and O–H groups in total. The molecule has 1 unspecified atom stereocenters. The highest BCUT2D eigenvalue weighted by Gasteiger charge is 2.27. The second-order valence-corrected chi connectivity index (χ2v) is 2.89. The molecule has 0 bridgehead atoms. The summed E-state index contributed by atoms with van der Waals surface area (Å²) in [4.78, 5) is 11.1. The Morgan fingerprint density at radius 1 is 1.62 bits per heavy atom. The van der Waals surface area contributed by atoms with E-state index in [1.165, 1.54) is 0 Å². The van der Waals surface area contributed by atoms with Crippen molar-refractivity contribution in [1.82, 2.24) is 10.6 Å². The van der Waals surface area contributed by atoms with Gasteiger partial charge in [-0.15, -0.1) is 0 Å². The number of hydrogen-bond donors (Lipinski definition) is 2. The fraction of sp³-hybridized carbons (Fsp3) is 0.667. The van der Waals surface area contributed by atoms with E-state index >= 15 is 0 Å². The van der Waals surface area contributed by atoms with Gasteiger partial charge < -0.3 is 15.4 Å². The minimum atomic E-state index is -0.238. The summed E-state index contributed by atoms with van der Waals surface area (Å²) in [6.07, 6.45) is 0.0580. The van der Waals surface area contributed by atoms with Crippen LogP contribution in [-0.2, 0) is 9.53 Å². The lowest BCUT2D eigenvalue weighted by molar-refractivity contribution is -0.116. The Kier molecular flexibility index (Phi) is 3.74. The molecule has 0 spiro atoms. The van der Waals surface area contributed by atoms with Crippen LogP contribution in [-0.4, -0.2) is 38.3 Å². The van der Waals surface area contributed by atoms with E-state index in [2.05, 4.69) is 22.5 Å². The summed E-state index contributed by atoms with van der Waals surface area (Å²) in [6, 6.07) is 0.0401. The van der Waals surface area contributed by atoms with Crippen molar-refractivity contribution >= 4 is 5.91 Å². The van der Waals surface area contributed by atoms with Gasteiger partial charge in [0, 0.05) is 20.2 Å². The first kappa shape index (κ1) is 10.0. The Balaban J connectivity index is 2.42. The maximum Gasteiger partial charge on any atom is 0.296 e. The van der Waals surface area contributed by atoms with Gasteiger partial charge >= 0.3 is 0 Å². The first-order chi connectivity index (χ1) is 6.27. The fourth-order valence-corrected chi connectivity index (χ4v) is 1.36. The zero-order chi connectivity index (χ0) is 9.68. The van der Waals surface area contributed by atoms with E-state index in [0.29, 0.717) is 0 Å². The van der Waals surface area contributed by atoms with E-state index < -0.39 is 0 Å². The van der Waals surface area contributed by atoms with Crippen molar-refractivity contribution < 1.29 is 9.53 Å². The number of nitrogens with one attached hydrogen (secondary N) is 2. The van der Waals surface area contributed by atoms with Crippen molar-refractivity contribution in [3.8, 4) is 11.8 Å². The lowest BCUT2D eigenvalue weighted by Crippen LogP contribution is -2.43. The van der Waals surface area contributed by atoms with Gasteiger partial charge in [-0.25, -0.2) is 0 Å². The Morgan fingerprint density at radius 2 is 2.38 bits per heavy atom. The molecule has 1 aliphatic rings. The zero-order valence-corrected chi connectivity index (χ0v) is 7.89. The van der Waals surface area contributed by atoms with Gasteiger partial charge in [0.05, 0.1) is 12.1 Å². The van der Waals surface area contributed by atoms with Crippen molar-refractivity contribution in [2.24, 2.45) is 0 Å². The van der Waals surface area contributed by atoms with Crippen LogP contribution in [0.2, 0.25) is 0 Å². The van der Waals surface area contributed by atoms with Gasteiger partial charge in [-0.05, 0) is 12.8 Å². The Bertz CT molecular complexity index is 242. The quantitative estimate of drug-likeness (QED) is 0.545. The lowest BCUT2D eigenvalue weighted by Gasteiger charge is -2.16. The second-order valence-electron chi connectivity index (χ2n) is 2.89. The summed E-state index contributed by atoms with van der Waals surface area (Å²) in [5.74, 6) is 4.75. The van der Waals surface area contributed by atoms with E-state index in [9.17, 15) is 4.79 Å². The Hall–Kier alpha value is -1.05. The highest BCUT2D eigenvalue weighted by molar-refractivity contribution is 5.93. The summed E-state index contributed by atoms with van der Waals surface area (Å²) in [5, 5.41) is 5.91. The van der Waals surface area contributed by atoms with Crippen LogP contribution in [0, 0.1) is 11.8 Å². The minimum Gasteiger partial charge on any atom is -0.378 e. The third kappa shape index (κ3) is 2.72. The molecule has 1 saturated heterocycles. The molecule has 13 heavy (non-hydrogen) atoms. The molecule has 2 atom stereocenters. The maximum atomic E-state index is 11.1. The molecule has 1 rings (SSSR count). The molecule has 0 aromatic carbocycles. The van der Waals surface area contributed by atoms with E-state index in [-0.39, 0.29) is 18.1 Å². The molecule has 1 amide bonds. The first-order valence-corrected chi connectivity index (χ1v) is 4.24. The van der Waals surface area contributed by atoms with Gasteiger partial charge in [0.25, 0.3) is 5.91 Å². The molecule has 0 aromatic rings. The molecular formula is C9H14N2O2. The predicted molar refractivity (Wildman–Crippen MR) is 49.0 cm³/mol. The van der Waals surface area contributed by atoms with Crippen LogP contribution in [0.3, 0.4) is 0 Å². The summed E-state index contributed by atoms with van der Waals surface area (Å²) < 4.78 is 5.18. The monoisotopic (exact) mass is 182 g/mol. The molecular weight excluding hydrogens is 168 g/mol. The van der Waals surface area contributed by atoms with E-state index in [1.54, 1.807) is 14.0 Å². The molecule has 72 valence electrons.